The van der Waals surface area contributed by atoms with Gasteiger partial charge in [-0.15, -0.1) is 11.8 Å². The Kier molecular flexibility index (Phi) is 4.18. The van der Waals surface area contributed by atoms with Crippen LogP contribution in [-0.4, -0.2) is 43.8 Å². The van der Waals surface area contributed by atoms with Gasteiger partial charge in [0.1, 0.15) is 11.7 Å². The quantitative estimate of drug-likeness (QED) is 0.916. The number of imidazole rings is 1. The Morgan fingerprint density at radius 1 is 1.33 bits per heavy atom. The van der Waals surface area contributed by atoms with Crippen LogP contribution in [0.4, 0.5) is 0 Å². The number of carbonyl (C=O) groups is 2. The maximum Gasteiger partial charge on any atom is 0.244 e. The molecule has 0 spiro atoms. The summed E-state index contributed by atoms with van der Waals surface area (Å²) in [6.45, 7) is 0.382. The van der Waals surface area contributed by atoms with Gasteiger partial charge in [0, 0.05) is 24.1 Å². The van der Waals surface area contributed by atoms with Crippen molar-refractivity contribution in [2.45, 2.75) is 31.8 Å². The lowest BCUT2D eigenvalue weighted by Gasteiger charge is -2.31. The van der Waals surface area contributed by atoms with Crippen molar-refractivity contribution in [3.8, 4) is 0 Å². The Labute approximate surface area is 144 Å². The van der Waals surface area contributed by atoms with Gasteiger partial charge in [-0.2, -0.15) is 0 Å². The van der Waals surface area contributed by atoms with E-state index >= 15 is 0 Å². The van der Waals surface area contributed by atoms with Crippen molar-refractivity contribution in [3.05, 3.63) is 36.3 Å². The molecule has 2 aromatic rings. The fourth-order valence-electron chi connectivity index (χ4n) is 3.13. The van der Waals surface area contributed by atoms with E-state index in [0.29, 0.717) is 18.2 Å². The Bertz CT molecular complexity index is 738. The van der Waals surface area contributed by atoms with E-state index < -0.39 is 0 Å². The first-order chi connectivity index (χ1) is 11.7. The van der Waals surface area contributed by atoms with Crippen LogP contribution >= 0.6 is 11.8 Å². The predicted octanol–water partition coefficient (Wildman–Crippen LogP) is 1.65. The molecule has 0 radical (unpaired) electrons. The number of pyridine rings is 1. The second-order valence-electron chi connectivity index (χ2n) is 6.37. The van der Waals surface area contributed by atoms with Gasteiger partial charge in [0.15, 0.2) is 0 Å². The summed E-state index contributed by atoms with van der Waals surface area (Å²) in [5.41, 5.74) is 1.68. The fraction of sp³-hybridized carbons (Fsp3) is 0.471. The van der Waals surface area contributed by atoms with Gasteiger partial charge in [-0.3, -0.25) is 9.59 Å². The van der Waals surface area contributed by atoms with Crippen molar-refractivity contribution in [1.29, 1.82) is 0 Å². The van der Waals surface area contributed by atoms with Crippen LogP contribution in [0.2, 0.25) is 0 Å². The number of nitrogens with zero attached hydrogens (tertiary/aromatic N) is 3. The predicted molar refractivity (Wildman–Crippen MR) is 92.3 cm³/mol. The molecule has 0 bridgehead atoms. The lowest BCUT2D eigenvalue weighted by Crippen LogP contribution is -2.49. The summed E-state index contributed by atoms with van der Waals surface area (Å²) in [7, 11) is 0. The Morgan fingerprint density at radius 2 is 2.21 bits per heavy atom. The maximum atomic E-state index is 12.5. The largest absolute Gasteiger partial charge is 0.349 e. The number of fused-ring (bicyclic) bond motifs is 1. The Balaban J connectivity index is 1.38. The van der Waals surface area contributed by atoms with Crippen LogP contribution in [-0.2, 0) is 16.1 Å². The average Bonchev–Trinajstić information content (AvgIpc) is 3.17. The molecule has 0 aromatic carbocycles. The molecule has 2 fully saturated rings. The molecule has 4 rings (SSSR count). The minimum absolute atomic E-state index is 0.0790. The molecule has 1 saturated carbocycles. The van der Waals surface area contributed by atoms with Crippen LogP contribution in [0, 0.1) is 5.92 Å². The third-order valence-electron chi connectivity index (χ3n) is 4.78. The van der Waals surface area contributed by atoms with Gasteiger partial charge >= 0.3 is 0 Å². The molecule has 1 atom stereocenters. The summed E-state index contributed by atoms with van der Waals surface area (Å²) in [5, 5.41) is 2.94. The zero-order valence-electron chi connectivity index (χ0n) is 13.4. The van der Waals surface area contributed by atoms with Crippen LogP contribution in [0.5, 0.6) is 0 Å². The topological polar surface area (TPSA) is 66.7 Å². The van der Waals surface area contributed by atoms with E-state index in [0.717, 1.165) is 30.6 Å². The molecule has 1 saturated heterocycles. The minimum atomic E-state index is -0.347. The van der Waals surface area contributed by atoms with Crippen LogP contribution in [0.15, 0.2) is 30.6 Å². The first kappa shape index (κ1) is 15.5. The third kappa shape index (κ3) is 2.88. The highest BCUT2D eigenvalue weighted by atomic mass is 32.2. The summed E-state index contributed by atoms with van der Waals surface area (Å²) in [6, 6.07) is 5.46. The summed E-state index contributed by atoms with van der Waals surface area (Å²) in [5.74, 6) is 1.51. The number of nitrogens with one attached hydrogen (secondary N) is 1. The maximum absolute atomic E-state index is 12.5. The van der Waals surface area contributed by atoms with E-state index in [9.17, 15) is 9.59 Å². The van der Waals surface area contributed by atoms with Crippen molar-refractivity contribution in [3.63, 3.8) is 0 Å². The molecule has 7 heteroatoms. The smallest absolute Gasteiger partial charge is 0.244 e. The van der Waals surface area contributed by atoms with Gasteiger partial charge in [0.2, 0.25) is 11.8 Å². The second kappa shape index (κ2) is 6.47. The van der Waals surface area contributed by atoms with E-state index in [1.807, 2.05) is 35.0 Å². The van der Waals surface area contributed by atoms with Crippen molar-refractivity contribution >= 4 is 29.2 Å². The monoisotopic (exact) mass is 344 g/mol. The molecular weight excluding hydrogens is 324 g/mol. The summed E-state index contributed by atoms with van der Waals surface area (Å²) in [6.07, 6.45) is 6.91. The number of amides is 2. The number of aromatic nitrogens is 2. The lowest BCUT2D eigenvalue weighted by molar-refractivity contribution is -0.143. The molecule has 126 valence electrons. The number of rotatable bonds is 4. The molecule has 2 aromatic heterocycles. The van der Waals surface area contributed by atoms with Crippen molar-refractivity contribution in [2.75, 3.05) is 11.6 Å². The molecule has 1 N–H and O–H groups in total. The van der Waals surface area contributed by atoms with E-state index in [2.05, 4.69) is 10.3 Å². The van der Waals surface area contributed by atoms with Crippen LogP contribution in [0.1, 0.15) is 25.0 Å². The minimum Gasteiger partial charge on any atom is -0.349 e. The van der Waals surface area contributed by atoms with Crippen LogP contribution in [0.25, 0.3) is 5.65 Å². The molecule has 0 unspecified atom stereocenters. The first-order valence-electron chi connectivity index (χ1n) is 8.31. The molecule has 1 aliphatic heterocycles. The van der Waals surface area contributed by atoms with Gasteiger partial charge < -0.3 is 14.6 Å². The summed E-state index contributed by atoms with van der Waals surface area (Å²) < 4.78 is 1.93. The highest BCUT2D eigenvalue weighted by molar-refractivity contribution is 7.99. The number of thioether (sulfide) groups is 1. The van der Waals surface area contributed by atoms with Gasteiger partial charge in [-0.25, -0.2) is 4.98 Å². The van der Waals surface area contributed by atoms with Gasteiger partial charge in [-0.05, 0) is 25.0 Å². The molecular formula is C17H20N4O2S. The third-order valence-corrected chi connectivity index (χ3v) is 5.79. The number of carbonyl (C=O) groups excluding carboxylic acids is 2. The average molecular weight is 344 g/mol. The van der Waals surface area contributed by atoms with Gasteiger partial charge in [0.25, 0.3) is 0 Å². The van der Waals surface area contributed by atoms with Gasteiger partial charge in [0.05, 0.1) is 18.1 Å². The Morgan fingerprint density at radius 3 is 2.96 bits per heavy atom. The summed E-state index contributed by atoms with van der Waals surface area (Å²) in [4.78, 5) is 31.2. The standard InChI is InChI=1S/C17H20N4O2S/c22-16(14-10-24-11-21(14)17(23)12-4-3-5-12)18-8-13-9-20-7-2-1-6-15(20)19-13/h1-2,6-7,9,12,14H,3-5,8,10-11H2,(H,18,22)/t14-/m0/s1. The van der Waals surface area contributed by atoms with Crippen molar-refractivity contribution in [1.82, 2.24) is 19.6 Å². The zero-order valence-corrected chi connectivity index (χ0v) is 14.2. The molecule has 3 heterocycles. The normalized spacial score (nSPS) is 21.0. The van der Waals surface area contributed by atoms with E-state index in [-0.39, 0.29) is 23.8 Å². The number of hydrogen-bond donors (Lipinski definition) is 1. The molecule has 1 aliphatic carbocycles. The van der Waals surface area contributed by atoms with Crippen LogP contribution < -0.4 is 5.32 Å². The van der Waals surface area contributed by atoms with Gasteiger partial charge in [-0.1, -0.05) is 12.5 Å². The Hall–Kier alpha value is -2.02. The SMILES string of the molecule is O=C(NCc1cn2ccccc2n1)[C@@H]1CSCN1C(=O)C1CCC1. The molecule has 2 amide bonds. The lowest BCUT2D eigenvalue weighted by atomic mass is 9.84. The highest BCUT2D eigenvalue weighted by Crippen LogP contribution is 2.32. The zero-order chi connectivity index (χ0) is 16.5. The number of hydrogen-bond acceptors (Lipinski definition) is 4. The summed E-state index contributed by atoms with van der Waals surface area (Å²) >= 11 is 1.65. The van der Waals surface area contributed by atoms with Crippen molar-refractivity contribution < 1.29 is 9.59 Å². The van der Waals surface area contributed by atoms with Crippen molar-refractivity contribution in [2.24, 2.45) is 5.92 Å². The highest BCUT2D eigenvalue weighted by Gasteiger charge is 2.39. The fourth-order valence-corrected chi connectivity index (χ4v) is 4.30. The van der Waals surface area contributed by atoms with E-state index in [4.69, 9.17) is 0 Å². The molecule has 2 aliphatic rings. The first-order valence-corrected chi connectivity index (χ1v) is 9.46. The van der Waals surface area contributed by atoms with E-state index in [1.54, 1.807) is 16.7 Å². The molecule has 24 heavy (non-hydrogen) atoms. The molecule has 6 nitrogen and oxygen atoms in total. The van der Waals surface area contributed by atoms with Crippen LogP contribution in [0.3, 0.4) is 0 Å². The second-order valence-corrected chi connectivity index (χ2v) is 7.37. The van der Waals surface area contributed by atoms with E-state index in [1.165, 1.54) is 0 Å².